The van der Waals surface area contributed by atoms with E-state index >= 15 is 0 Å². The number of rotatable bonds is 6. The van der Waals surface area contributed by atoms with Crippen molar-refractivity contribution in [2.75, 3.05) is 10.8 Å². The molecule has 0 spiro atoms. The molecule has 28 heavy (non-hydrogen) atoms. The lowest BCUT2D eigenvalue weighted by Crippen LogP contribution is -2.43. The van der Waals surface area contributed by atoms with Crippen LogP contribution in [0.1, 0.15) is 24.0 Å². The number of fused-ring (bicyclic) bond motifs is 1. The summed E-state index contributed by atoms with van der Waals surface area (Å²) in [6.07, 6.45) is 0.836. The van der Waals surface area contributed by atoms with Gasteiger partial charge < -0.3 is 9.84 Å². The van der Waals surface area contributed by atoms with E-state index in [0.29, 0.717) is 24.1 Å². The lowest BCUT2D eigenvalue weighted by Gasteiger charge is -2.34. The lowest BCUT2D eigenvalue weighted by molar-refractivity contribution is -0.137. The average molecular weight is 403 g/mol. The van der Waals surface area contributed by atoms with E-state index in [-0.39, 0.29) is 25.5 Å². The van der Waals surface area contributed by atoms with E-state index in [1.807, 2.05) is 6.07 Å². The van der Waals surface area contributed by atoms with E-state index in [9.17, 15) is 18.0 Å². The van der Waals surface area contributed by atoms with Crippen LogP contribution in [0.2, 0.25) is 0 Å². The summed E-state index contributed by atoms with van der Waals surface area (Å²) in [5.74, 6) is -1.13. The molecule has 2 aromatic rings. The van der Waals surface area contributed by atoms with Crippen LogP contribution in [0, 0.1) is 5.92 Å². The number of ether oxygens (including phenoxy) is 1. The quantitative estimate of drug-likeness (QED) is 0.744. The van der Waals surface area contributed by atoms with Crippen LogP contribution in [0.15, 0.2) is 54.6 Å². The van der Waals surface area contributed by atoms with Crippen LogP contribution in [0.3, 0.4) is 0 Å². The Morgan fingerprint density at radius 2 is 1.75 bits per heavy atom. The topological polar surface area (TPSA) is 101 Å². The van der Waals surface area contributed by atoms with Crippen LogP contribution < -0.4 is 4.31 Å². The smallest absolute Gasteiger partial charge is 0.445 e. The Labute approximate surface area is 163 Å². The lowest BCUT2D eigenvalue weighted by atomic mass is 9.90. The molecule has 1 heterocycles. The fraction of sp³-hybridized carbons (Fsp3) is 0.300. The number of aliphatic carboxylic acids is 1. The van der Waals surface area contributed by atoms with Crippen LogP contribution >= 0.6 is 0 Å². The summed E-state index contributed by atoms with van der Waals surface area (Å²) in [5, 5.41) is 7.61. The van der Waals surface area contributed by atoms with E-state index < -0.39 is 21.3 Å². The van der Waals surface area contributed by atoms with Crippen molar-refractivity contribution in [1.82, 2.24) is 0 Å². The molecule has 2 aromatic carbocycles. The molecule has 0 radical (unpaired) electrons. The second-order valence-electron chi connectivity index (χ2n) is 6.69. The fourth-order valence-electron chi connectivity index (χ4n) is 3.26. The SMILES string of the molecule is O=C(O)CC[C@@H]1Cc2ccccc2N(S(=O)(=O)C(=O)OCc2ccccc2)C1. The van der Waals surface area contributed by atoms with Gasteiger partial charge in [-0.3, -0.25) is 9.10 Å². The monoisotopic (exact) mass is 403 g/mol. The summed E-state index contributed by atoms with van der Waals surface area (Å²) in [6, 6.07) is 15.7. The molecule has 1 atom stereocenters. The second kappa shape index (κ2) is 8.43. The number of anilines is 1. The molecule has 1 aliphatic rings. The van der Waals surface area contributed by atoms with Crippen LogP contribution in [0.25, 0.3) is 0 Å². The summed E-state index contributed by atoms with van der Waals surface area (Å²) in [6.45, 7) is -0.0934. The van der Waals surface area contributed by atoms with Gasteiger partial charge in [-0.25, -0.2) is 4.79 Å². The van der Waals surface area contributed by atoms with Crippen molar-refractivity contribution in [1.29, 1.82) is 0 Å². The standard InChI is InChI=1S/C20H21NO6S/c22-19(23)11-10-16-12-17-8-4-5-9-18(17)21(13-16)28(25,26)20(24)27-14-15-6-2-1-3-7-15/h1-9,16H,10-14H2,(H,22,23)/t16-/m1/s1. The van der Waals surface area contributed by atoms with Crippen molar-refractivity contribution in [2.45, 2.75) is 25.9 Å². The van der Waals surface area contributed by atoms with Gasteiger partial charge in [0.25, 0.3) is 0 Å². The fourth-order valence-corrected chi connectivity index (χ4v) is 4.50. The highest BCUT2D eigenvalue weighted by atomic mass is 32.2. The Morgan fingerprint density at radius 3 is 2.46 bits per heavy atom. The Morgan fingerprint density at radius 1 is 1.07 bits per heavy atom. The van der Waals surface area contributed by atoms with Gasteiger partial charge in [0.15, 0.2) is 0 Å². The first-order valence-electron chi connectivity index (χ1n) is 8.91. The molecule has 0 fully saturated rings. The maximum absolute atomic E-state index is 12.9. The number of para-hydroxylation sites is 1. The van der Waals surface area contributed by atoms with E-state index in [1.54, 1.807) is 48.5 Å². The summed E-state index contributed by atoms with van der Waals surface area (Å²) in [7, 11) is -4.39. The number of carbonyl (C=O) groups excluding carboxylic acids is 1. The third-order valence-corrected chi connectivity index (χ3v) is 6.12. The minimum Gasteiger partial charge on any atom is -0.481 e. The van der Waals surface area contributed by atoms with Crippen LogP contribution in [0.4, 0.5) is 10.5 Å². The molecular formula is C20H21NO6S. The van der Waals surface area contributed by atoms with Crippen molar-refractivity contribution < 1.29 is 27.9 Å². The molecule has 1 N–H and O–H groups in total. The molecule has 0 unspecified atom stereocenters. The van der Waals surface area contributed by atoms with E-state index in [4.69, 9.17) is 9.84 Å². The van der Waals surface area contributed by atoms with Gasteiger partial charge in [0.05, 0.1) is 5.69 Å². The van der Waals surface area contributed by atoms with Crippen molar-refractivity contribution in [3.8, 4) is 0 Å². The number of nitrogens with zero attached hydrogens (tertiary/aromatic N) is 1. The third kappa shape index (κ3) is 4.51. The summed E-state index contributed by atoms with van der Waals surface area (Å²) in [5.41, 5.74) is 1.89. The highest BCUT2D eigenvalue weighted by Crippen LogP contribution is 2.34. The maximum Gasteiger partial charge on any atom is 0.445 e. The zero-order valence-corrected chi connectivity index (χ0v) is 16.0. The molecule has 0 amide bonds. The van der Waals surface area contributed by atoms with Gasteiger partial charge in [-0.2, -0.15) is 8.42 Å². The normalized spacial score (nSPS) is 16.3. The number of hydrogen-bond donors (Lipinski definition) is 1. The first-order valence-corrected chi connectivity index (χ1v) is 10.3. The van der Waals surface area contributed by atoms with Gasteiger partial charge >= 0.3 is 21.3 Å². The van der Waals surface area contributed by atoms with Crippen LogP contribution in [-0.2, 0) is 32.6 Å². The Hall–Kier alpha value is -2.87. The Balaban J connectivity index is 1.80. The maximum atomic E-state index is 12.9. The van der Waals surface area contributed by atoms with E-state index in [2.05, 4.69) is 0 Å². The predicted molar refractivity (Wildman–Crippen MR) is 103 cm³/mol. The molecule has 1 aliphatic heterocycles. The average Bonchev–Trinajstić information content (AvgIpc) is 2.70. The van der Waals surface area contributed by atoms with Gasteiger partial charge in [0.2, 0.25) is 0 Å². The number of carboxylic acids is 1. The van der Waals surface area contributed by atoms with Crippen molar-refractivity contribution in [3.05, 3.63) is 65.7 Å². The third-order valence-electron chi connectivity index (χ3n) is 4.66. The van der Waals surface area contributed by atoms with E-state index in [1.165, 1.54) is 0 Å². The van der Waals surface area contributed by atoms with Crippen molar-refractivity contribution in [3.63, 3.8) is 0 Å². The van der Waals surface area contributed by atoms with Gasteiger partial charge in [0, 0.05) is 13.0 Å². The van der Waals surface area contributed by atoms with Gasteiger partial charge in [-0.05, 0) is 36.0 Å². The predicted octanol–water partition coefficient (Wildman–Crippen LogP) is 3.20. The molecule has 3 rings (SSSR count). The molecule has 7 nitrogen and oxygen atoms in total. The zero-order chi connectivity index (χ0) is 20.1. The molecule has 0 saturated heterocycles. The molecule has 0 aliphatic carbocycles. The molecule has 0 bridgehead atoms. The molecule has 148 valence electrons. The Bertz CT molecular complexity index is 958. The van der Waals surface area contributed by atoms with Crippen LogP contribution in [-0.4, -0.2) is 31.3 Å². The number of carbonyl (C=O) groups is 2. The van der Waals surface area contributed by atoms with Crippen LogP contribution in [0.5, 0.6) is 0 Å². The largest absolute Gasteiger partial charge is 0.481 e. The summed E-state index contributed by atoms with van der Waals surface area (Å²) in [4.78, 5) is 23.3. The van der Waals surface area contributed by atoms with Crippen molar-refractivity contribution in [2.24, 2.45) is 5.92 Å². The summed E-state index contributed by atoms with van der Waals surface area (Å²) < 4.78 is 31.9. The summed E-state index contributed by atoms with van der Waals surface area (Å²) >= 11 is 0. The number of benzene rings is 2. The minimum absolute atomic E-state index is 0.0487. The first-order chi connectivity index (χ1) is 13.4. The molecule has 0 aromatic heterocycles. The number of sulfonamides is 1. The highest BCUT2D eigenvalue weighted by molar-refractivity contribution is 8.06. The second-order valence-corrected chi connectivity index (χ2v) is 8.42. The minimum atomic E-state index is -4.39. The Kier molecular flexibility index (Phi) is 5.99. The zero-order valence-electron chi connectivity index (χ0n) is 15.2. The molecular weight excluding hydrogens is 382 g/mol. The first kappa shape index (κ1) is 19.9. The van der Waals surface area contributed by atoms with Gasteiger partial charge in [0.1, 0.15) is 6.61 Å². The van der Waals surface area contributed by atoms with Crippen molar-refractivity contribution >= 4 is 27.0 Å². The number of hydrogen-bond acceptors (Lipinski definition) is 5. The molecule has 0 saturated carbocycles. The number of carboxylic acid groups (broad SMARTS) is 1. The highest BCUT2D eigenvalue weighted by Gasteiger charge is 2.38. The van der Waals surface area contributed by atoms with Gasteiger partial charge in [-0.1, -0.05) is 48.5 Å². The van der Waals surface area contributed by atoms with E-state index in [0.717, 1.165) is 9.87 Å². The molecule has 8 heteroatoms. The van der Waals surface area contributed by atoms with Gasteiger partial charge in [-0.15, -0.1) is 0 Å².